The molecule has 1 aromatic heterocycles. The standard InChI is InChI=1S/C19H25ClN4O2.ClH/c1-19(2,23-17(25)14-4-3-5-15(20)12-14)18-22-16(26-24-18)7-6-13-8-10-21-11-9-13;/h3-5,12-13,21H,6-11H2,1-2H3,(H,23,25);1H. The lowest BCUT2D eigenvalue weighted by Crippen LogP contribution is -2.41. The van der Waals surface area contributed by atoms with Crippen molar-refractivity contribution in [3.63, 3.8) is 0 Å². The third-order valence-corrected chi connectivity index (χ3v) is 5.00. The zero-order valence-electron chi connectivity index (χ0n) is 15.6. The predicted octanol–water partition coefficient (Wildman–Crippen LogP) is 3.74. The highest BCUT2D eigenvalue weighted by molar-refractivity contribution is 6.30. The van der Waals surface area contributed by atoms with E-state index in [1.807, 2.05) is 13.8 Å². The van der Waals surface area contributed by atoms with Crippen LogP contribution >= 0.6 is 24.0 Å². The van der Waals surface area contributed by atoms with Crippen molar-refractivity contribution < 1.29 is 9.32 Å². The number of amides is 1. The number of piperidine rings is 1. The van der Waals surface area contributed by atoms with Crippen molar-refractivity contribution in [2.75, 3.05) is 13.1 Å². The van der Waals surface area contributed by atoms with Crippen LogP contribution in [0.2, 0.25) is 5.02 Å². The van der Waals surface area contributed by atoms with Crippen LogP contribution in [-0.2, 0) is 12.0 Å². The maximum absolute atomic E-state index is 12.5. The van der Waals surface area contributed by atoms with Crippen LogP contribution in [0.4, 0.5) is 0 Å². The Labute approximate surface area is 170 Å². The largest absolute Gasteiger partial charge is 0.340 e. The van der Waals surface area contributed by atoms with Gasteiger partial charge in [-0.15, -0.1) is 12.4 Å². The van der Waals surface area contributed by atoms with Gasteiger partial charge in [0, 0.05) is 17.0 Å². The van der Waals surface area contributed by atoms with E-state index in [4.69, 9.17) is 16.1 Å². The van der Waals surface area contributed by atoms with Gasteiger partial charge >= 0.3 is 0 Å². The van der Waals surface area contributed by atoms with Gasteiger partial charge in [-0.2, -0.15) is 4.98 Å². The van der Waals surface area contributed by atoms with Crippen LogP contribution in [-0.4, -0.2) is 29.1 Å². The van der Waals surface area contributed by atoms with Crippen molar-refractivity contribution >= 4 is 29.9 Å². The Morgan fingerprint density at radius 2 is 2.11 bits per heavy atom. The summed E-state index contributed by atoms with van der Waals surface area (Å²) in [5, 5.41) is 10.9. The van der Waals surface area contributed by atoms with Crippen LogP contribution in [0.1, 0.15) is 55.2 Å². The molecular weight excluding hydrogens is 387 g/mol. The van der Waals surface area contributed by atoms with E-state index in [2.05, 4.69) is 20.8 Å². The zero-order chi connectivity index (χ0) is 18.6. The molecule has 2 aromatic rings. The molecule has 148 valence electrons. The minimum atomic E-state index is -0.740. The number of halogens is 2. The molecule has 1 aliphatic rings. The first-order chi connectivity index (χ1) is 12.4. The number of nitrogens with zero attached hydrogens (tertiary/aromatic N) is 2. The third-order valence-electron chi connectivity index (χ3n) is 4.77. The molecule has 6 nitrogen and oxygen atoms in total. The van der Waals surface area contributed by atoms with Crippen LogP contribution in [0.25, 0.3) is 0 Å². The molecule has 1 saturated heterocycles. The highest BCUT2D eigenvalue weighted by Crippen LogP contribution is 2.21. The summed E-state index contributed by atoms with van der Waals surface area (Å²) in [5.74, 6) is 1.59. The predicted molar refractivity (Wildman–Crippen MR) is 107 cm³/mol. The second-order valence-corrected chi connectivity index (χ2v) is 7.77. The smallest absolute Gasteiger partial charge is 0.252 e. The lowest BCUT2D eigenvalue weighted by Gasteiger charge is -2.22. The lowest BCUT2D eigenvalue weighted by atomic mass is 9.93. The maximum Gasteiger partial charge on any atom is 0.252 e. The van der Waals surface area contributed by atoms with Crippen LogP contribution in [0.3, 0.4) is 0 Å². The van der Waals surface area contributed by atoms with Gasteiger partial charge in [0.2, 0.25) is 5.89 Å². The Bertz CT molecular complexity index is 758. The van der Waals surface area contributed by atoms with E-state index in [1.165, 1.54) is 12.8 Å². The highest BCUT2D eigenvalue weighted by Gasteiger charge is 2.29. The van der Waals surface area contributed by atoms with Crippen LogP contribution in [0, 0.1) is 5.92 Å². The Hall–Kier alpha value is -1.63. The fourth-order valence-electron chi connectivity index (χ4n) is 3.15. The van der Waals surface area contributed by atoms with Gasteiger partial charge in [-0.3, -0.25) is 4.79 Å². The second-order valence-electron chi connectivity index (χ2n) is 7.33. The number of carbonyl (C=O) groups excluding carboxylic acids is 1. The molecule has 0 radical (unpaired) electrons. The Kier molecular flexibility index (Phi) is 7.65. The molecule has 0 spiro atoms. The fourth-order valence-corrected chi connectivity index (χ4v) is 3.34. The van der Waals surface area contributed by atoms with Crippen molar-refractivity contribution in [3.8, 4) is 0 Å². The van der Waals surface area contributed by atoms with E-state index in [0.717, 1.165) is 25.9 Å². The van der Waals surface area contributed by atoms with Gasteiger partial charge in [-0.1, -0.05) is 22.8 Å². The Morgan fingerprint density at radius 1 is 1.37 bits per heavy atom. The molecule has 0 bridgehead atoms. The zero-order valence-corrected chi connectivity index (χ0v) is 17.2. The number of hydrogen-bond acceptors (Lipinski definition) is 5. The summed E-state index contributed by atoms with van der Waals surface area (Å²) in [4.78, 5) is 17.0. The first kappa shape index (κ1) is 21.7. The number of hydrogen-bond donors (Lipinski definition) is 2. The van der Waals surface area contributed by atoms with Gasteiger partial charge in [0.1, 0.15) is 0 Å². The molecule has 0 unspecified atom stereocenters. The normalized spacial score (nSPS) is 15.2. The molecule has 8 heteroatoms. The van der Waals surface area contributed by atoms with Crippen LogP contribution in [0.5, 0.6) is 0 Å². The minimum absolute atomic E-state index is 0. The van der Waals surface area contributed by atoms with Gasteiger partial charge in [0.05, 0.1) is 5.54 Å². The molecule has 0 saturated carbocycles. The maximum atomic E-state index is 12.5. The quantitative estimate of drug-likeness (QED) is 0.754. The molecule has 2 heterocycles. The first-order valence-corrected chi connectivity index (χ1v) is 9.44. The third kappa shape index (κ3) is 5.92. The van der Waals surface area contributed by atoms with Crippen molar-refractivity contribution in [1.82, 2.24) is 20.8 Å². The number of aryl methyl sites for hydroxylation is 1. The van der Waals surface area contributed by atoms with Gasteiger partial charge in [-0.05, 0) is 70.3 Å². The monoisotopic (exact) mass is 412 g/mol. The fraction of sp³-hybridized carbons (Fsp3) is 0.526. The number of carbonyl (C=O) groups is 1. The summed E-state index contributed by atoms with van der Waals surface area (Å²) in [6, 6.07) is 6.83. The molecule has 0 aliphatic carbocycles. The van der Waals surface area contributed by atoms with E-state index in [9.17, 15) is 4.79 Å². The average Bonchev–Trinajstić information content (AvgIpc) is 3.10. The van der Waals surface area contributed by atoms with Crippen LogP contribution < -0.4 is 10.6 Å². The Morgan fingerprint density at radius 3 is 2.81 bits per heavy atom. The topological polar surface area (TPSA) is 80.0 Å². The van der Waals surface area contributed by atoms with E-state index < -0.39 is 5.54 Å². The number of nitrogens with one attached hydrogen (secondary N) is 2. The minimum Gasteiger partial charge on any atom is -0.340 e. The molecule has 1 aromatic carbocycles. The highest BCUT2D eigenvalue weighted by atomic mass is 35.5. The molecule has 3 rings (SSSR count). The lowest BCUT2D eigenvalue weighted by molar-refractivity contribution is 0.0907. The van der Waals surface area contributed by atoms with Crippen LogP contribution in [0.15, 0.2) is 28.8 Å². The summed E-state index contributed by atoms with van der Waals surface area (Å²) in [5.41, 5.74) is -0.240. The van der Waals surface area contributed by atoms with E-state index in [1.54, 1.807) is 24.3 Å². The summed E-state index contributed by atoms with van der Waals surface area (Å²) >= 11 is 5.96. The number of benzene rings is 1. The van der Waals surface area contributed by atoms with Crippen molar-refractivity contribution in [1.29, 1.82) is 0 Å². The van der Waals surface area contributed by atoms with Crippen molar-refractivity contribution in [3.05, 3.63) is 46.6 Å². The van der Waals surface area contributed by atoms with Gasteiger partial charge < -0.3 is 15.2 Å². The number of aromatic nitrogens is 2. The van der Waals surface area contributed by atoms with Crippen molar-refractivity contribution in [2.24, 2.45) is 5.92 Å². The summed E-state index contributed by atoms with van der Waals surface area (Å²) in [6.45, 7) is 5.89. The molecular formula is C19H26Cl2N4O2. The summed E-state index contributed by atoms with van der Waals surface area (Å²) < 4.78 is 5.40. The van der Waals surface area contributed by atoms with E-state index in [-0.39, 0.29) is 18.3 Å². The Balaban J connectivity index is 0.00000261. The summed E-state index contributed by atoms with van der Waals surface area (Å²) in [7, 11) is 0. The first-order valence-electron chi connectivity index (χ1n) is 9.06. The van der Waals surface area contributed by atoms with Gasteiger partial charge in [0.15, 0.2) is 5.82 Å². The van der Waals surface area contributed by atoms with E-state index >= 15 is 0 Å². The average molecular weight is 413 g/mol. The molecule has 2 N–H and O–H groups in total. The molecule has 1 fully saturated rings. The second kappa shape index (κ2) is 9.53. The SMILES string of the molecule is CC(C)(NC(=O)c1cccc(Cl)c1)c1noc(CCC2CCNCC2)n1.Cl. The molecule has 1 amide bonds. The number of rotatable bonds is 6. The van der Waals surface area contributed by atoms with E-state index in [0.29, 0.717) is 28.2 Å². The molecule has 0 atom stereocenters. The van der Waals surface area contributed by atoms with Gasteiger partial charge in [-0.25, -0.2) is 0 Å². The molecule has 1 aliphatic heterocycles. The molecule has 27 heavy (non-hydrogen) atoms. The van der Waals surface area contributed by atoms with Crippen molar-refractivity contribution in [2.45, 2.75) is 45.1 Å². The van der Waals surface area contributed by atoms with Gasteiger partial charge in [0.25, 0.3) is 5.91 Å². The summed E-state index contributed by atoms with van der Waals surface area (Å²) in [6.07, 6.45) is 4.22.